The minimum atomic E-state index is -0.423. The van der Waals surface area contributed by atoms with Crippen molar-refractivity contribution in [1.29, 1.82) is 0 Å². The molecule has 0 aliphatic heterocycles. The molecule has 0 aromatic heterocycles. The van der Waals surface area contributed by atoms with Crippen molar-refractivity contribution >= 4 is 15.9 Å². The van der Waals surface area contributed by atoms with E-state index in [4.69, 9.17) is 0 Å². The largest absolute Gasteiger partial charge is 0.393 e. The fraction of sp³-hybridized carbons (Fsp3) is 0.600. The smallest absolute Gasteiger partial charge is 0.124 e. The van der Waals surface area contributed by atoms with Gasteiger partial charge >= 0.3 is 0 Å². The molecule has 0 radical (unpaired) electrons. The first-order valence-electron chi connectivity index (χ1n) is 6.31. The summed E-state index contributed by atoms with van der Waals surface area (Å²) in [7, 11) is 0. The molecule has 0 saturated carbocycles. The Hall–Kier alpha value is -0.410. The molecule has 0 heterocycles. The van der Waals surface area contributed by atoms with Gasteiger partial charge in [-0.1, -0.05) is 43.6 Å². The van der Waals surface area contributed by atoms with Gasteiger partial charge in [-0.25, -0.2) is 4.39 Å². The predicted octanol–water partition coefficient (Wildman–Crippen LogP) is 4.56. The predicted molar refractivity (Wildman–Crippen MR) is 77.0 cm³/mol. The maximum Gasteiger partial charge on any atom is 0.124 e. The second-order valence-electron chi connectivity index (χ2n) is 6.14. The molecule has 0 amide bonds. The first-order valence-corrected chi connectivity index (χ1v) is 7.11. The minimum Gasteiger partial charge on any atom is -0.393 e. The zero-order valence-electron chi connectivity index (χ0n) is 11.5. The Morgan fingerprint density at radius 1 is 1.28 bits per heavy atom. The van der Waals surface area contributed by atoms with Gasteiger partial charge in [0, 0.05) is 4.47 Å². The van der Waals surface area contributed by atoms with Crippen molar-refractivity contribution in [3.8, 4) is 0 Å². The van der Waals surface area contributed by atoms with Gasteiger partial charge in [0.15, 0.2) is 0 Å². The highest BCUT2D eigenvalue weighted by Crippen LogP contribution is 2.29. The zero-order valence-corrected chi connectivity index (χ0v) is 13.1. The van der Waals surface area contributed by atoms with Crippen molar-refractivity contribution in [2.45, 2.75) is 46.6 Å². The van der Waals surface area contributed by atoms with Crippen LogP contribution >= 0.6 is 15.9 Å². The van der Waals surface area contributed by atoms with E-state index in [1.807, 2.05) is 6.07 Å². The van der Waals surface area contributed by atoms with Crippen LogP contribution in [0.25, 0.3) is 0 Å². The van der Waals surface area contributed by atoms with Crippen molar-refractivity contribution in [2.24, 2.45) is 11.3 Å². The summed E-state index contributed by atoms with van der Waals surface area (Å²) in [5, 5.41) is 10.1. The molecule has 18 heavy (non-hydrogen) atoms. The molecule has 3 heteroatoms. The summed E-state index contributed by atoms with van der Waals surface area (Å²) < 4.78 is 13.9. The van der Waals surface area contributed by atoms with E-state index in [1.54, 1.807) is 0 Å². The normalized spacial score (nSPS) is 15.5. The first kappa shape index (κ1) is 15.6. The average molecular weight is 317 g/mol. The zero-order chi connectivity index (χ0) is 13.9. The maximum atomic E-state index is 13.2. The average Bonchev–Trinajstić information content (AvgIpc) is 2.13. The highest BCUT2D eigenvalue weighted by atomic mass is 79.9. The van der Waals surface area contributed by atoms with Crippen LogP contribution < -0.4 is 0 Å². The minimum absolute atomic E-state index is 0.184. The Kier molecular flexibility index (Phi) is 5.35. The summed E-state index contributed by atoms with van der Waals surface area (Å²) in [5.74, 6) is 0.153. The van der Waals surface area contributed by atoms with Gasteiger partial charge < -0.3 is 5.11 Å². The van der Waals surface area contributed by atoms with Crippen LogP contribution in [-0.4, -0.2) is 11.2 Å². The Morgan fingerprint density at radius 2 is 1.89 bits per heavy atom. The molecule has 1 N–H and O–H groups in total. The van der Waals surface area contributed by atoms with Crippen molar-refractivity contribution in [3.63, 3.8) is 0 Å². The number of benzene rings is 1. The number of hydrogen-bond acceptors (Lipinski definition) is 1. The molecule has 2 atom stereocenters. The fourth-order valence-electron chi connectivity index (χ4n) is 1.85. The lowest BCUT2D eigenvalue weighted by Gasteiger charge is -2.29. The molecule has 102 valence electrons. The van der Waals surface area contributed by atoms with Crippen LogP contribution in [0.1, 0.15) is 39.7 Å². The van der Waals surface area contributed by atoms with Crippen LogP contribution in [0.2, 0.25) is 0 Å². The summed E-state index contributed by atoms with van der Waals surface area (Å²) in [6, 6.07) is 4.76. The van der Waals surface area contributed by atoms with Gasteiger partial charge in [-0.2, -0.15) is 0 Å². The molecule has 0 fully saturated rings. The van der Waals surface area contributed by atoms with Gasteiger partial charge in [0.25, 0.3) is 0 Å². The molecule has 1 rings (SSSR count). The van der Waals surface area contributed by atoms with Gasteiger partial charge in [-0.05, 0) is 47.9 Å². The van der Waals surface area contributed by atoms with Crippen LogP contribution in [0, 0.1) is 17.2 Å². The molecule has 1 nitrogen and oxygen atoms in total. The van der Waals surface area contributed by atoms with Gasteiger partial charge in [0.05, 0.1) is 6.10 Å². The van der Waals surface area contributed by atoms with E-state index >= 15 is 0 Å². The fourth-order valence-corrected chi connectivity index (χ4v) is 2.36. The Bertz CT molecular complexity index is 378. The molecule has 1 aromatic carbocycles. The molecule has 0 bridgehead atoms. The Labute approximate surface area is 118 Å². The number of hydrogen-bond donors (Lipinski definition) is 1. The van der Waals surface area contributed by atoms with Gasteiger partial charge in [-0.3, -0.25) is 0 Å². The number of aliphatic hydroxyl groups is 1. The highest BCUT2D eigenvalue weighted by molar-refractivity contribution is 9.10. The van der Waals surface area contributed by atoms with Gasteiger partial charge in [0.1, 0.15) is 5.82 Å². The van der Waals surface area contributed by atoms with E-state index < -0.39 is 6.10 Å². The number of rotatable bonds is 4. The molecule has 2 unspecified atom stereocenters. The van der Waals surface area contributed by atoms with Crippen LogP contribution in [0.5, 0.6) is 0 Å². The molecular weight excluding hydrogens is 295 g/mol. The number of aliphatic hydroxyl groups excluding tert-OH is 1. The van der Waals surface area contributed by atoms with Crippen molar-refractivity contribution in [1.82, 2.24) is 0 Å². The van der Waals surface area contributed by atoms with Crippen LogP contribution in [-0.2, 0) is 6.42 Å². The van der Waals surface area contributed by atoms with E-state index in [9.17, 15) is 9.50 Å². The van der Waals surface area contributed by atoms with Crippen LogP contribution in [0.4, 0.5) is 4.39 Å². The lowest BCUT2D eigenvalue weighted by Crippen LogP contribution is -2.24. The molecule has 0 aliphatic carbocycles. The summed E-state index contributed by atoms with van der Waals surface area (Å²) in [6.07, 6.45) is 0.807. The second kappa shape index (κ2) is 6.16. The summed E-state index contributed by atoms with van der Waals surface area (Å²) >= 11 is 3.26. The summed E-state index contributed by atoms with van der Waals surface area (Å²) in [4.78, 5) is 0. The standard InChI is InChI=1S/C15H22BrFO/c1-10(15(2,3)4)5-14(18)8-11-6-12(16)9-13(17)7-11/h6-7,9-10,14,18H,5,8H2,1-4H3. The maximum absolute atomic E-state index is 13.2. The van der Waals surface area contributed by atoms with E-state index in [1.165, 1.54) is 12.1 Å². The van der Waals surface area contributed by atoms with Gasteiger partial charge in [0.2, 0.25) is 0 Å². The van der Waals surface area contributed by atoms with Gasteiger partial charge in [-0.15, -0.1) is 0 Å². The lowest BCUT2D eigenvalue weighted by atomic mass is 9.78. The van der Waals surface area contributed by atoms with Crippen LogP contribution in [0.3, 0.4) is 0 Å². The third-order valence-electron chi connectivity index (χ3n) is 3.50. The lowest BCUT2D eigenvalue weighted by molar-refractivity contribution is 0.110. The third-order valence-corrected chi connectivity index (χ3v) is 3.96. The van der Waals surface area contributed by atoms with E-state index in [2.05, 4.69) is 43.6 Å². The molecular formula is C15H22BrFO. The monoisotopic (exact) mass is 316 g/mol. The second-order valence-corrected chi connectivity index (χ2v) is 7.05. The SMILES string of the molecule is CC(CC(O)Cc1cc(F)cc(Br)c1)C(C)(C)C. The molecule has 0 aliphatic rings. The van der Waals surface area contributed by atoms with E-state index in [0.717, 1.165) is 12.0 Å². The molecule has 1 aromatic rings. The highest BCUT2D eigenvalue weighted by Gasteiger charge is 2.22. The summed E-state index contributed by atoms with van der Waals surface area (Å²) in [5.41, 5.74) is 1.01. The molecule has 0 spiro atoms. The molecule has 0 saturated heterocycles. The van der Waals surface area contributed by atoms with Crippen molar-refractivity contribution in [2.75, 3.05) is 0 Å². The summed E-state index contributed by atoms with van der Waals surface area (Å²) in [6.45, 7) is 8.65. The van der Waals surface area contributed by atoms with E-state index in [0.29, 0.717) is 16.8 Å². The van der Waals surface area contributed by atoms with Crippen LogP contribution in [0.15, 0.2) is 22.7 Å². The first-order chi connectivity index (χ1) is 8.18. The van der Waals surface area contributed by atoms with E-state index in [-0.39, 0.29) is 11.2 Å². The number of halogens is 2. The van der Waals surface area contributed by atoms with Crippen molar-refractivity contribution in [3.05, 3.63) is 34.1 Å². The Balaban J connectivity index is 2.62. The Morgan fingerprint density at radius 3 is 2.39 bits per heavy atom. The quantitative estimate of drug-likeness (QED) is 0.863. The van der Waals surface area contributed by atoms with Crippen molar-refractivity contribution < 1.29 is 9.50 Å². The topological polar surface area (TPSA) is 20.2 Å². The third kappa shape index (κ3) is 5.07.